The van der Waals surface area contributed by atoms with Crippen LogP contribution in [0.4, 0.5) is 15.3 Å². The van der Waals surface area contributed by atoms with Crippen molar-refractivity contribution in [2.45, 2.75) is 89.4 Å². The molecule has 0 unspecified atom stereocenters. The first-order valence-electron chi connectivity index (χ1n) is 12.4. The number of nitrogens with one attached hydrogen (secondary N) is 3. The summed E-state index contributed by atoms with van der Waals surface area (Å²) in [4.78, 5) is 23.9. The molecule has 0 saturated heterocycles. The van der Waals surface area contributed by atoms with Crippen LogP contribution in [0.2, 0.25) is 0 Å². The Balaban J connectivity index is 1.77. The maximum absolute atomic E-state index is 13.0. The van der Waals surface area contributed by atoms with Crippen LogP contribution in [0.1, 0.15) is 71.2 Å². The number of amides is 2. The van der Waals surface area contributed by atoms with Gasteiger partial charge in [-0.25, -0.2) is 22.7 Å². The minimum atomic E-state index is -3.87. The number of alkyl carbamates (subject to hydrolysis) is 1. The van der Waals surface area contributed by atoms with Crippen LogP contribution in [0.15, 0.2) is 23.1 Å². The van der Waals surface area contributed by atoms with Crippen molar-refractivity contribution in [3.05, 3.63) is 23.2 Å². The van der Waals surface area contributed by atoms with Gasteiger partial charge in [0.15, 0.2) is 0 Å². The molecule has 11 nitrogen and oxygen atoms in total. The van der Waals surface area contributed by atoms with Crippen LogP contribution >= 0.6 is 11.3 Å². The Morgan fingerprint density at radius 3 is 2.30 bits per heavy atom. The van der Waals surface area contributed by atoms with E-state index in [2.05, 4.69) is 25.6 Å². The van der Waals surface area contributed by atoms with E-state index in [1.54, 1.807) is 32.9 Å². The Bertz CT molecular complexity index is 1190. The molecule has 3 rings (SSSR count). The normalized spacial score (nSPS) is 18.0. The third-order valence-corrected chi connectivity index (χ3v) is 8.31. The number of carbonyl (C=O) groups excluding carboxylic acids is 2. The molecule has 1 aromatic carbocycles. The van der Waals surface area contributed by atoms with Gasteiger partial charge in [-0.05, 0) is 71.6 Å². The number of hydrogen-bond donors (Lipinski definition) is 3. The van der Waals surface area contributed by atoms with E-state index in [0.717, 1.165) is 30.7 Å². The third kappa shape index (κ3) is 8.11. The fraction of sp³-hybridized carbons (Fsp3) is 0.583. The van der Waals surface area contributed by atoms with Crippen LogP contribution in [0.5, 0.6) is 0 Å². The molecule has 1 aromatic heterocycles. The predicted molar refractivity (Wildman–Crippen MR) is 141 cm³/mol. The van der Waals surface area contributed by atoms with E-state index in [0.29, 0.717) is 10.6 Å². The quantitative estimate of drug-likeness (QED) is 0.407. The van der Waals surface area contributed by atoms with Crippen LogP contribution < -0.4 is 15.4 Å². The number of carbonyl (C=O) groups is 2. The highest BCUT2D eigenvalue weighted by atomic mass is 32.2. The number of rotatable bonds is 9. The van der Waals surface area contributed by atoms with Crippen molar-refractivity contribution in [1.29, 1.82) is 0 Å². The minimum absolute atomic E-state index is 0.00373. The van der Waals surface area contributed by atoms with Gasteiger partial charge >= 0.3 is 12.2 Å². The third-order valence-electron chi connectivity index (χ3n) is 5.61. The molecule has 1 saturated carbocycles. The Labute approximate surface area is 221 Å². The molecular formula is C24H35N5O6S2. The molecule has 0 spiro atoms. The zero-order valence-corrected chi connectivity index (χ0v) is 23.4. The van der Waals surface area contributed by atoms with Gasteiger partial charge in [0.1, 0.15) is 10.0 Å². The van der Waals surface area contributed by atoms with Crippen molar-refractivity contribution in [3.63, 3.8) is 0 Å². The molecule has 2 aromatic rings. The van der Waals surface area contributed by atoms with Crippen molar-refractivity contribution in [2.24, 2.45) is 0 Å². The molecule has 204 valence electrons. The molecule has 1 aliphatic carbocycles. The van der Waals surface area contributed by atoms with Crippen molar-refractivity contribution in [3.8, 4) is 10.6 Å². The monoisotopic (exact) mass is 553 g/mol. The summed E-state index contributed by atoms with van der Waals surface area (Å²) in [6.07, 6.45) is 1.67. The van der Waals surface area contributed by atoms with Crippen LogP contribution in [-0.2, 0) is 19.5 Å². The SMILES string of the molecule is CCNS(=O)(=O)c1cc(NC(=O)OC(C)C)ccc1-c1nnc([C@H]2CC[C@@H](NC(=O)OC(C)C)CC2)s1. The van der Waals surface area contributed by atoms with Gasteiger partial charge in [0.05, 0.1) is 17.1 Å². The lowest BCUT2D eigenvalue weighted by molar-refractivity contribution is 0.109. The highest BCUT2D eigenvalue weighted by Gasteiger charge is 2.28. The standard InChI is InChI=1S/C24H35N5O6S2/c1-6-25-37(32,33)20-13-18(27-24(31)35-15(4)5)11-12-19(20)22-29-28-21(36-22)16-7-9-17(10-8-16)26-23(30)34-14(2)3/h11-17,25H,6-10H2,1-5H3,(H,26,30)(H,27,31)/t16-,17+. The number of ether oxygens (including phenoxy) is 2. The molecule has 0 radical (unpaired) electrons. The fourth-order valence-electron chi connectivity index (χ4n) is 4.04. The molecule has 0 bridgehead atoms. The van der Waals surface area contributed by atoms with Crippen LogP contribution in [-0.4, -0.2) is 55.6 Å². The second kappa shape index (κ2) is 12.7. The first-order chi connectivity index (χ1) is 17.5. The van der Waals surface area contributed by atoms with E-state index in [-0.39, 0.29) is 41.3 Å². The Morgan fingerprint density at radius 2 is 1.68 bits per heavy atom. The lowest BCUT2D eigenvalue weighted by atomic mass is 9.86. The smallest absolute Gasteiger partial charge is 0.411 e. The largest absolute Gasteiger partial charge is 0.447 e. The van der Waals surface area contributed by atoms with Crippen LogP contribution in [0.25, 0.3) is 10.6 Å². The van der Waals surface area contributed by atoms with Crippen LogP contribution in [0.3, 0.4) is 0 Å². The number of anilines is 1. The van der Waals surface area contributed by atoms with Gasteiger partial charge in [-0.3, -0.25) is 5.32 Å². The number of benzene rings is 1. The van der Waals surface area contributed by atoms with Gasteiger partial charge in [-0.1, -0.05) is 18.3 Å². The summed E-state index contributed by atoms with van der Waals surface area (Å²) in [5.41, 5.74) is 0.691. The zero-order chi connectivity index (χ0) is 27.2. The van der Waals surface area contributed by atoms with E-state index < -0.39 is 22.2 Å². The lowest BCUT2D eigenvalue weighted by Gasteiger charge is -2.27. The highest BCUT2D eigenvalue weighted by Crippen LogP contribution is 2.38. The van der Waals surface area contributed by atoms with Gasteiger partial charge in [0, 0.05) is 29.8 Å². The van der Waals surface area contributed by atoms with Gasteiger partial charge in [-0.2, -0.15) is 0 Å². The fourth-order valence-corrected chi connectivity index (χ4v) is 6.42. The first-order valence-corrected chi connectivity index (χ1v) is 14.7. The molecule has 0 atom stereocenters. The van der Waals surface area contributed by atoms with Crippen molar-refractivity contribution in [2.75, 3.05) is 11.9 Å². The van der Waals surface area contributed by atoms with Gasteiger partial charge in [-0.15, -0.1) is 10.2 Å². The minimum Gasteiger partial charge on any atom is -0.447 e. The second-order valence-corrected chi connectivity index (χ2v) is 12.1. The Morgan fingerprint density at radius 1 is 1.03 bits per heavy atom. The van der Waals surface area contributed by atoms with E-state index in [9.17, 15) is 18.0 Å². The van der Waals surface area contributed by atoms with E-state index in [1.807, 2.05) is 13.8 Å². The second-order valence-electron chi connectivity index (χ2n) is 9.38. The number of sulfonamides is 1. The highest BCUT2D eigenvalue weighted by molar-refractivity contribution is 7.89. The summed E-state index contributed by atoms with van der Waals surface area (Å²) in [6.45, 7) is 8.96. The Hall–Kier alpha value is -2.77. The average Bonchev–Trinajstić information content (AvgIpc) is 3.28. The summed E-state index contributed by atoms with van der Waals surface area (Å²) in [5, 5.41) is 15.4. The molecule has 0 aliphatic heterocycles. The molecular weight excluding hydrogens is 518 g/mol. The van der Waals surface area contributed by atoms with Crippen molar-refractivity contribution < 1.29 is 27.5 Å². The molecule has 2 amide bonds. The summed E-state index contributed by atoms with van der Waals surface area (Å²) >= 11 is 1.35. The van der Waals surface area contributed by atoms with Gasteiger partial charge in [0.2, 0.25) is 10.0 Å². The maximum atomic E-state index is 13.0. The molecule has 1 fully saturated rings. The van der Waals surface area contributed by atoms with Gasteiger partial charge < -0.3 is 14.8 Å². The average molecular weight is 554 g/mol. The molecule has 1 aliphatic rings. The lowest BCUT2D eigenvalue weighted by Crippen LogP contribution is -2.38. The van der Waals surface area contributed by atoms with Crippen molar-refractivity contribution >= 4 is 39.2 Å². The predicted octanol–water partition coefficient (Wildman–Crippen LogP) is 4.62. The number of hydrogen-bond acceptors (Lipinski definition) is 9. The van der Waals surface area contributed by atoms with E-state index >= 15 is 0 Å². The molecule has 37 heavy (non-hydrogen) atoms. The van der Waals surface area contributed by atoms with E-state index in [1.165, 1.54) is 17.4 Å². The topological polar surface area (TPSA) is 149 Å². The number of aromatic nitrogens is 2. The summed E-state index contributed by atoms with van der Waals surface area (Å²) in [5.74, 6) is 0.172. The maximum Gasteiger partial charge on any atom is 0.411 e. The Kier molecular flexibility index (Phi) is 9.85. The summed E-state index contributed by atoms with van der Waals surface area (Å²) < 4.78 is 38.8. The molecule has 13 heteroatoms. The zero-order valence-electron chi connectivity index (χ0n) is 21.7. The van der Waals surface area contributed by atoms with E-state index in [4.69, 9.17) is 9.47 Å². The molecule has 1 heterocycles. The van der Waals surface area contributed by atoms with Crippen LogP contribution in [0, 0.1) is 0 Å². The van der Waals surface area contributed by atoms with Gasteiger partial charge in [0.25, 0.3) is 0 Å². The summed E-state index contributed by atoms with van der Waals surface area (Å²) in [6, 6.07) is 4.66. The summed E-state index contributed by atoms with van der Waals surface area (Å²) in [7, 11) is -3.87. The van der Waals surface area contributed by atoms with Crippen molar-refractivity contribution in [1.82, 2.24) is 20.2 Å². The first kappa shape index (κ1) is 28.8. The number of nitrogens with zero attached hydrogens (tertiary/aromatic N) is 2. The molecule has 3 N–H and O–H groups in total.